The van der Waals surface area contributed by atoms with E-state index in [1.165, 1.54) is 40.6 Å². The lowest BCUT2D eigenvalue weighted by molar-refractivity contribution is -0.386. The second-order valence-electron chi connectivity index (χ2n) is 8.44. The Kier molecular flexibility index (Phi) is 8.26. The van der Waals surface area contributed by atoms with E-state index in [0.717, 1.165) is 19.3 Å². The van der Waals surface area contributed by atoms with Crippen molar-refractivity contribution in [2.75, 3.05) is 28.4 Å². The van der Waals surface area contributed by atoms with Gasteiger partial charge in [0, 0.05) is 17.6 Å². The standard InChI is InChI=1S/C25H32N2O8/c1-15-8-7-9-16(2)26(15)25(28)35-24(17-10-11-20(31-3)21(12-17)32-4)18-13-22(33-5)23(34-6)14-19(18)27(29)30/h10-16,24H,7-9H2,1-6H3. The first-order valence-electron chi connectivity index (χ1n) is 11.4. The largest absolute Gasteiger partial charge is 0.493 e. The summed E-state index contributed by atoms with van der Waals surface area (Å²) < 4.78 is 27.4. The number of likely N-dealkylation sites (tertiary alicyclic amines) is 1. The normalized spacial score (nSPS) is 18.4. The average molecular weight is 489 g/mol. The Labute approximate surface area is 204 Å². The van der Waals surface area contributed by atoms with Gasteiger partial charge in [0.2, 0.25) is 0 Å². The van der Waals surface area contributed by atoms with Crippen molar-refractivity contribution >= 4 is 11.8 Å². The summed E-state index contributed by atoms with van der Waals surface area (Å²) in [7, 11) is 5.82. The van der Waals surface area contributed by atoms with Crippen LogP contribution in [0.15, 0.2) is 30.3 Å². The van der Waals surface area contributed by atoms with Gasteiger partial charge in [-0.3, -0.25) is 10.1 Å². The fraction of sp³-hybridized carbons (Fsp3) is 0.480. The minimum absolute atomic E-state index is 0.0160. The van der Waals surface area contributed by atoms with Gasteiger partial charge in [-0.25, -0.2) is 4.79 Å². The maximum atomic E-state index is 13.4. The maximum Gasteiger partial charge on any atom is 0.411 e. The number of hydrogen-bond donors (Lipinski definition) is 0. The summed E-state index contributed by atoms with van der Waals surface area (Å²) in [5, 5.41) is 12.1. The molecule has 35 heavy (non-hydrogen) atoms. The van der Waals surface area contributed by atoms with Crippen LogP contribution in [0.3, 0.4) is 0 Å². The highest BCUT2D eigenvalue weighted by molar-refractivity contribution is 5.70. The van der Waals surface area contributed by atoms with Gasteiger partial charge < -0.3 is 28.6 Å². The highest BCUT2D eigenvalue weighted by Crippen LogP contribution is 2.43. The average Bonchev–Trinajstić information content (AvgIpc) is 2.85. The Morgan fingerprint density at radius 3 is 2.00 bits per heavy atom. The zero-order valence-corrected chi connectivity index (χ0v) is 20.9. The number of amides is 1. The molecule has 190 valence electrons. The van der Waals surface area contributed by atoms with Gasteiger partial charge in [0.15, 0.2) is 29.1 Å². The number of piperidine rings is 1. The minimum Gasteiger partial charge on any atom is -0.493 e. The van der Waals surface area contributed by atoms with E-state index in [1.54, 1.807) is 23.1 Å². The number of ether oxygens (including phenoxy) is 5. The fourth-order valence-corrected chi connectivity index (χ4v) is 4.52. The van der Waals surface area contributed by atoms with E-state index >= 15 is 0 Å². The molecule has 1 saturated heterocycles. The molecule has 2 aromatic carbocycles. The van der Waals surface area contributed by atoms with E-state index in [-0.39, 0.29) is 34.8 Å². The van der Waals surface area contributed by atoms with Crippen LogP contribution in [0.4, 0.5) is 10.5 Å². The summed E-state index contributed by atoms with van der Waals surface area (Å²) in [6, 6.07) is 7.68. The first kappa shape index (κ1) is 25.9. The van der Waals surface area contributed by atoms with Crippen LogP contribution in [0, 0.1) is 10.1 Å². The van der Waals surface area contributed by atoms with Crippen molar-refractivity contribution in [3.05, 3.63) is 51.6 Å². The number of benzene rings is 2. The Hall–Kier alpha value is -3.69. The fourth-order valence-electron chi connectivity index (χ4n) is 4.52. The Balaban J connectivity index is 2.17. The quantitative estimate of drug-likeness (QED) is 0.372. The first-order valence-corrected chi connectivity index (χ1v) is 11.4. The van der Waals surface area contributed by atoms with Crippen LogP contribution in [-0.4, -0.2) is 56.4 Å². The molecule has 0 aliphatic carbocycles. The lowest BCUT2D eigenvalue weighted by Crippen LogP contribution is -2.48. The SMILES string of the molecule is COc1ccc(C(OC(=O)N2C(C)CCCC2C)c2cc(OC)c(OC)cc2[N+](=O)[O-])cc1OC. The van der Waals surface area contributed by atoms with Crippen LogP contribution < -0.4 is 18.9 Å². The number of rotatable bonds is 8. The molecule has 0 saturated carbocycles. The van der Waals surface area contributed by atoms with Crippen molar-refractivity contribution in [1.29, 1.82) is 0 Å². The number of hydrogen-bond acceptors (Lipinski definition) is 8. The van der Waals surface area contributed by atoms with E-state index in [0.29, 0.717) is 17.1 Å². The molecule has 1 fully saturated rings. The summed E-state index contributed by atoms with van der Waals surface area (Å²) in [4.78, 5) is 26.6. The first-order chi connectivity index (χ1) is 16.7. The monoisotopic (exact) mass is 488 g/mol. The van der Waals surface area contributed by atoms with E-state index in [4.69, 9.17) is 23.7 Å². The summed E-state index contributed by atoms with van der Waals surface area (Å²) in [5.74, 6) is 1.34. The van der Waals surface area contributed by atoms with Crippen molar-refractivity contribution < 1.29 is 33.4 Å². The third kappa shape index (κ3) is 5.36. The molecule has 0 N–H and O–H groups in total. The molecule has 3 atom stereocenters. The van der Waals surface area contributed by atoms with Crippen molar-refractivity contribution in [1.82, 2.24) is 4.90 Å². The zero-order chi connectivity index (χ0) is 25.7. The Morgan fingerprint density at radius 2 is 1.46 bits per heavy atom. The molecule has 1 aliphatic heterocycles. The van der Waals surface area contributed by atoms with Crippen LogP contribution >= 0.6 is 0 Å². The van der Waals surface area contributed by atoms with Crippen LogP contribution in [-0.2, 0) is 4.74 Å². The molecule has 3 rings (SSSR count). The molecule has 3 unspecified atom stereocenters. The minimum atomic E-state index is -1.12. The van der Waals surface area contributed by atoms with Crippen molar-refractivity contribution in [3.8, 4) is 23.0 Å². The van der Waals surface area contributed by atoms with Gasteiger partial charge in [0.05, 0.1) is 45.0 Å². The third-order valence-corrected chi connectivity index (χ3v) is 6.35. The third-order valence-electron chi connectivity index (χ3n) is 6.35. The molecule has 0 aromatic heterocycles. The number of nitro groups is 1. The second kappa shape index (κ2) is 11.2. The maximum absolute atomic E-state index is 13.4. The van der Waals surface area contributed by atoms with Crippen LogP contribution in [0.5, 0.6) is 23.0 Å². The number of carbonyl (C=O) groups is 1. The lowest BCUT2D eigenvalue weighted by Gasteiger charge is -2.38. The number of methoxy groups -OCH3 is 4. The Morgan fingerprint density at radius 1 is 0.914 bits per heavy atom. The smallest absolute Gasteiger partial charge is 0.411 e. The van der Waals surface area contributed by atoms with E-state index in [1.807, 2.05) is 13.8 Å². The molecule has 0 spiro atoms. The van der Waals surface area contributed by atoms with Crippen molar-refractivity contribution in [2.24, 2.45) is 0 Å². The summed E-state index contributed by atoms with van der Waals surface area (Å²) in [6.07, 6.45) is 1.07. The van der Waals surface area contributed by atoms with Crippen LogP contribution in [0.25, 0.3) is 0 Å². The topological polar surface area (TPSA) is 110 Å². The summed E-state index contributed by atoms with van der Waals surface area (Å²) >= 11 is 0. The molecule has 10 nitrogen and oxygen atoms in total. The zero-order valence-electron chi connectivity index (χ0n) is 20.9. The predicted octanol–water partition coefficient (Wildman–Crippen LogP) is 5.12. The lowest BCUT2D eigenvalue weighted by atomic mass is 9.97. The van der Waals surface area contributed by atoms with Crippen LogP contribution in [0.1, 0.15) is 50.3 Å². The second-order valence-corrected chi connectivity index (χ2v) is 8.44. The van der Waals surface area contributed by atoms with Gasteiger partial charge in [-0.1, -0.05) is 6.07 Å². The molecular formula is C25H32N2O8. The van der Waals surface area contributed by atoms with Gasteiger partial charge in [-0.2, -0.15) is 0 Å². The van der Waals surface area contributed by atoms with Crippen LogP contribution in [0.2, 0.25) is 0 Å². The van der Waals surface area contributed by atoms with Gasteiger partial charge >= 0.3 is 6.09 Å². The van der Waals surface area contributed by atoms with E-state index < -0.39 is 17.1 Å². The van der Waals surface area contributed by atoms with Crippen molar-refractivity contribution in [2.45, 2.75) is 51.3 Å². The predicted molar refractivity (Wildman–Crippen MR) is 129 cm³/mol. The number of nitrogens with zero attached hydrogens (tertiary/aromatic N) is 2. The highest BCUT2D eigenvalue weighted by atomic mass is 16.6. The molecule has 1 aliphatic rings. The molecule has 1 amide bonds. The Bertz CT molecular complexity index is 1060. The van der Waals surface area contributed by atoms with Gasteiger partial charge in [0.25, 0.3) is 5.69 Å². The van der Waals surface area contributed by atoms with Gasteiger partial charge in [0.1, 0.15) is 0 Å². The molecule has 0 radical (unpaired) electrons. The van der Waals surface area contributed by atoms with Crippen molar-refractivity contribution in [3.63, 3.8) is 0 Å². The molecule has 10 heteroatoms. The summed E-state index contributed by atoms with van der Waals surface area (Å²) in [6.45, 7) is 3.95. The van der Waals surface area contributed by atoms with Gasteiger partial charge in [-0.15, -0.1) is 0 Å². The molecule has 2 aromatic rings. The van der Waals surface area contributed by atoms with E-state index in [9.17, 15) is 14.9 Å². The number of nitro benzene ring substituents is 1. The van der Waals surface area contributed by atoms with E-state index in [2.05, 4.69) is 0 Å². The highest BCUT2D eigenvalue weighted by Gasteiger charge is 2.35. The molecule has 1 heterocycles. The number of carbonyl (C=O) groups excluding carboxylic acids is 1. The van der Waals surface area contributed by atoms with Gasteiger partial charge in [-0.05, 0) is 51.3 Å². The molecular weight excluding hydrogens is 456 g/mol. The molecule has 0 bridgehead atoms. The summed E-state index contributed by atoms with van der Waals surface area (Å²) in [5.41, 5.74) is 0.351.